The summed E-state index contributed by atoms with van der Waals surface area (Å²) in [6.45, 7) is 1.16. The first-order valence-corrected chi connectivity index (χ1v) is 7.92. The van der Waals surface area contributed by atoms with Gasteiger partial charge in [0.05, 0.1) is 16.8 Å². The highest BCUT2D eigenvalue weighted by Gasteiger charge is 2.17. The summed E-state index contributed by atoms with van der Waals surface area (Å²) in [7, 11) is 1.51. The summed E-state index contributed by atoms with van der Waals surface area (Å²) >= 11 is 1.01. The molecule has 6 nitrogen and oxygen atoms in total. The van der Waals surface area contributed by atoms with Gasteiger partial charge in [-0.2, -0.15) is 4.99 Å². The first-order chi connectivity index (χ1) is 11.6. The molecule has 1 aliphatic rings. The maximum absolute atomic E-state index is 14.2. The van der Waals surface area contributed by atoms with Crippen LogP contribution >= 0.6 is 11.3 Å². The number of aromatic nitrogens is 1. The van der Waals surface area contributed by atoms with E-state index in [4.69, 9.17) is 14.2 Å². The van der Waals surface area contributed by atoms with Crippen molar-refractivity contribution in [2.75, 3.05) is 26.9 Å². The number of thiazole rings is 1. The monoisotopic (exact) mass is 356 g/mol. The van der Waals surface area contributed by atoms with Gasteiger partial charge in [-0.3, -0.25) is 4.79 Å². The van der Waals surface area contributed by atoms with E-state index in [1.54, 1.807) is 0 Å². The summed E-state index contributed by atoms with van der Waals surface area (Å²) in [6, 6.07) is 2.00. The van der Waals surface area contributed by atoms with Crippen LogP contribution in [-0.2, 0) is 25.5 Å². The van der Waals surface area contributed by atoms with Gasteiger partial charge < -0.3 is 18.8 Å². The molecule has 3 rings (SSSR count). The van der Waals surface area contributed by atoms with Gasteiger partial charge >= 0.3 is 5.91 Å². The lowest BCUT2D eigenvalue weighted by molar-refractivity contribution is -0.119. The number of ether oxygens (including phenoxy) is 3. The maximum Gasteiger partial charge on any atom is 0.317 e. The molecule has 128 valence electrons. The minimum Gasteiger partial charge on any atom is -0.494 e. The van der Waals surface area contributed by atoms with E-state index in [0.717, 1.165) is 17.4 Å². The number of carbonyl (C=O) groups excluding carboxylic acids is 1. The van der Waals surface area contributed by atoms with Crippen molar-refractivity contribution in [3.05, 3.63) is 40.6 Å². The van der Waals surface area contributed by atoms with E-state index in [2.05, 4.69) is 4.99 Å². The van der Waals surface area contributed by atoms with Crippen LogP contribution in [-0.4, -0.2) is 37.4 Å². The van der Waals surface area contributed by atoms with E-state index in [-0.39, 0.29) is 35.8 Å². The van der Waals surface area contributed by atoms with Gasteiger partial charge in [0, 0.05) is 19.7 Å². The normalized spacial score (nSPS) is 15.1. The molecule has 0 fully saturated rings. The summed E-state index contributed by atoms with van der Waals surface area (Å²) < 4.78 is 44.7. The third-order valence-electron chi connectivity index (χ3n) is 3.27. The minimum atomic E-state index is -0.720. The molecule has 1 aromatic heterocycles. The number of rotatable bonds is 4. The molecule has 0 saturated heterocycles. The Morgan fingerprint density at radius 1 is 1.42 bits per heavy atom. The van der Waals surface area contributed by atoms with Crippen molar-refractivity contribution >= 4 is 27.5 Å². The van der Waals surface area contributed by atoms with Crippen LogP contribution in [0.5, 0.6) is 0 Å². The molecule has 1 amide bonds. The van der Waals surface area contributed by atoms with Crippen molar-refractivity contribution in [1.82, 2.24) is 4.57 Å². The highest BCUT2D eigenvalue weighted by molar-refractivity contribution is 7.16. The van der Waals surface area contributed by atoms with E-state index < -0.39 is 17.5 Å². The van der Waals surface area contributed by atoms with Crippen molar-refractivity contribution in [1.29, 1.82) is 0 Å². The predicted octanol–water partition coefficient (Wildman–Crippen LogP) is 1.94. The fourth-order valence-corrected chi connectivity index (χ4v) is 3.32. The zero-order valence-corrected chi connectivity index (χ0v) is 13.6. The van der Waals surface area contributed by atoms with E-state index in [0.29, 0.717) is 11.3 Å². The summed E-state index contributed by atoms with van der Waals surface area (Å²) in [5.74, 6) is -2.08. The Hall–Kier alpha value is -2.26. The van der Waals surface area contributed by atoms with Gasteiger partial charge in [0.25, 0.3) is 0 Å². The van der Waals surface area contributed by atoms with Crippen molar-refractivity contribution in [2.45, 2.75) is 6.54 Å². The fourth-order valence-electron chi connectivity index (χ4n) is 2.23. The fraction of sp³-hybridized carbons (Fsp3) is 0.333. The van der Waals surface area contributed by atoms with Gasteiger partial charge in [-0.15, -0.1) is 0 Å². The molecule has 1 aliphatic heterocycles. The molecular formula is C15H14F2N2O4S. The average Bonchev–Trinajstić information content (AvgIpc) is 2.90. The van der Waals surface area contributed by atoms with Crippen LogP contribution in [0.25, 0.3) is 10.2 Å². The molecule has 1 aromatic carbocycles. The lowest BCUT2D eigenvalue weighted by Gasteiger charge is -2.12. The molecule has 0 aliphatic carbocycles. The Kier molecular flexibility index (Phi) is 4.91. The lowest BCUT2D eigenvalue weighted by Crippen LogP contribution is -2.21. The molecule has 24 heavy (non-hydrogen) atoms. The smallest absolute Gasteiger partial charge is 0.317 e. The van der Waals surface area contributed by atoms with Crippen LogP contribution in [0.1, 0.15) is 0 Å². The van der Waals surface area contributed by atoms with Crippen molar-refractivity contribution < 1.29 is 27.8 Å². The topological polar surface area (TPSA) is 62.1 Å². The van der Waals surface area contributed by atoms with Crippen molar-refractivity contribution in [2.24, 2.45) is 4.99 Å². The second kappa shape index (κ2) is 7.10. The van der Waals surface area contributed by atoms with Gasteiger partial charge in [-0.1, -0.05) is 11.3 Å². The molecule has 0 spiro atoms. The summed E-state index contributed by atoms with van der Waals surface area (Å²) in [5, 5.41) is 0. The predicted molar refractivity (Wildman–Crippen MR) is 82.2 cm³/mol. The van der Waals surface area contributed by atoms with Crippen LogP contribution in [0.2, 0.25) is 0 Å². The van der Waals surface area contributed by atoms with E-state index in [1.807, 2.05) is 0 Å². The highest BCUT2D eigenvalue weighted by Crippen LogP contribution is 2.22. The van der Waals surface area contributed by atoms with Crippen LogP contribution < -0.4 is 4.80 Å². The molecule has 2 aromatic rings. The Labute approximate surface area is 139 Å². The largest absolute Gasteiger partial charge is 0.494 e. The molecule has 0 atom stereocenters. The van der Waals surface area contributed by atoms with Crippen molar-refractivity contribution in [3.8, 4) is 0 Å². The Morgan fingerprint density at radius 3 is 2.96 bits per heavy atom. The number of hydrogen-bond donors (Lipinski definition) is 0. The number of halogens is 2. The van der Waals surface area contributed by atoms with E-state index in [9.17, 15) is 13.6 Å². The molecular weight excluding hydrogens is 342 g/mol. The van der Waals surface area contributed by atoms with Crippen LogP contribution in [0.3, 0.4) is 0 Å². The third kappa shape index (κ3) is 3.31. The number of benzene rings is 1. The second-order valence-electron chi connectivity index (χ2n) is 4.88. The number of nitrogens with zero attached hydrogens (tertiary/aromatic N) is 2. The molecule has 2 heterocycles. The van der Waals surface area contributed by atoms with Crippen LogP contribution in [0.15, 0.2) is 29.1 Å². The molecule has 0 bridgehead atoms. The summed E-state index contributed by atoms with van der Waals surface area (Å²) in [4.78, 5) is 16.4. The number of amides is 1. The Morgan fingerprint density at radius 2 is 2.25 bits per heavy atom. The van der Waals surface area contributed by atoms with E-state index >= 15 is 0 Å². The molecule has 0 unspecified atom stereocenters. The first-order valence-electron chi connectivity index (χ1n) is 7.11. The number of methoxy groups -OCH3 is 1. The van der Waals surface area contributed by atoms with Gasteiger partial charge in [0.1, 0.15) is 25.3 Å². The third-order valence-corrected chi connectivity index (χ3v) is 4.30. The first kappa shape index (κ1) is 16.6. The molecule has 9 heteroatoms. The average molecular weight is 356 g/mol. The SMILES string of the molecule is COCCn1c(=NC(=O)C2=COCCO2)sc2cc(F)cc(F)c21. The number of fused-ring (bicyclic) bond motifs is 1. The molecule has 0 N–H and O–H groups in total. The number of hydrogen-bond acceptors (Lipinski definition) is 5. The quantitative estimate of drug-likeness (QED) is 0.840. The van der Waals surface area contributed by atoms with Gasteiger partial charge in [-0.25, -0.2) is 8.78 Å². The summed E-state index contributed by atoms with van der Waals surface area (Å²) in [5.41, 5.74) is 0.180. The van der Waals surface area contributed by atoms with Gasteiger partial charge in [0.15, 0.2) is 10.6 Å². The number of carbonyl (C=O) groups is 1. The van der Waals surface area contributed by atoms with Crippen molar-refractivity contribution in [3.63, 3.8) is 0 Å². The minimum absolute atomic E-state index is 0.0244. The highest BCUT2D eigenvalue weighted by atomic mass is 32.1. The van der Waals surface area contributed by atoms with Gasteiger partial charge in [0.2, 0.25) is 5.76 Å². The van der Waals surface area contributed by atoms with Crippen LogP contribution in [0, 0.1) is 11.6 Å². The summed E-state index contributed by atoms with van der Waals surface area (Å²) in [6.07, 6.45) is 1.20. The Bertz CT molecular complexity index is 872. The molecule has 0 saturated carbocycles. The zero-order valence-electron chi connectivity index (χ0n) is 12.8. The lowest BCUT2D eigenvalue weighted by atomic mass is 10.3. The second-order valence-corrected chi connectivity index (χ2v) is 5.89. The van der Waals surface area contributed by atoms with Gasteiger partial charge in [-0.05, 0) is 6.07 Å². The van der Waals surface area contributed by atoms with E-state index in [1.165, 1.54) is 24.0 Å². The molecule has 0 radical (unpaired) electrons. The standard InChI is InChI=1S/C15H14F2N2O4S/c1-21-3-2-19-13-10(17)6-9(16)7-12(13)24-15(19)18-14(20)11-8-22-4-5-23-11/h6-8H,2-5H2,1H3. The maximum atomic E-state index is 14.2. The Balaban J connectivity index is 2.11. The zero-order chi connectivity index (χ0) is 17.1. The van der Waals surface area contributed by atoms with Crippen LogP contribution in [0.4, 0.5) is 8.78 Å².